The van der Waals surface area contributed by atoms with Crippen molar-refractivity contribution in [3.63, 3.8) is 0 Å². The van der Waals surface area contributed by atoms with Gasteiger partial charge in [0.1, 0.15) is 11.3 Å². The van der Waals surface area contributed by atoms with Gasteiger partial charge in [-0.15, -0.1) is 16.4 Å². The van der Waals surface area contributed by atoms with Crippen LogP contribution in [-0.2, 0) is 4.84 Å². The first-order valence-corrected chi connectivity index (χ1v) is 10.4. The lowest BCUT2D eigenvalue weighted by Crippen LogP contribution is -2.57. The topological polar surface area (TPSA) is 119 Å². The number of methoxy groups -OCH3 is 1. The molecule has 0 spiro atoms. The highest BCUT2D eigenvalue weighted by molar-refractivity contribution is 7.16. The van der Waals surface area contributed by atoms with Crippen molar-refractivity contribution >= 4 is 45.2 Å². The number of anilines is 3. The van der Waals surface area contributed by atoms with E-state index in [-0.39, 0.29) is 18.0 Å². The van der Waals surface area contributed by atoms with Crippen LogP contribution in [0.5, 0.6) is 5.75 Å². The van der Waals surface area contributed by atoms with Crippen LogP contribution >= 0.6 is 11.3 Å². The number of aromatic nitrogens is 3. The predicted molar refractivity (Wildman–Crippen MR) is 116 cm³/mol. The van der Waals surface area contributed by atoms with E-state index in [1.807, 2.05) is 13.8 Å². The molecule has 3 heterocycles. The van der Waals surface area contributed by atoms with E-state index >= 15 is 0 Å². The van der Waals surface area contributed by atoms with Gasteiger partial charge in [0.15, 0.2) is 10.6 Å². The minimum Gasteiger partial charge on any atom is -0.497 e. The van der Waals surface area contributed by atoms with Gasteiger partial charge in [-0.3, -0.25) is 5.32 Å². The first-order chi connectivity index (χ1) is 14.4. The maximum absolute atomic E-state index is 12.4. The molecule has 1 aromatic carbocycles. The summed E-state index contributed by atoms with van der Waals surface area (Å²) < 4.78 is 5.17. The third-order valence-electron chi connectivity index (χ3n) is 4.91. The summed E-state index contributed by atoms with van der Waals surface area (Å²) in [6.45, 7) is 5.12. The zero-order valence-corrected chi connectivity index (χ0v) is 17.7. The molecule has 11 heteroatoms. The first-order valence-electron chi connectivity index (χ1n) is 9.47. The number of ether oxygens (including phenoxy) is 1. The van der Waals surface area contributed by atoms with E-state index < -0.39 is 6.09 Å². The number of fused-ring (bicyclic) bond motifs is 1. The Hall–Kier alpha value is -3.18. The molecule has 2 atom stereocenters. The standard InChI is InChI=1S/C19H23N7O3S/c1-11-9-26(29-19(27)22-13-5-4-6-14(7-13)28-3)12(2)8-25(11)16-15-17(30-10-21-15)24-18(20)23-16/h4-7,10-12H,8-9H2,1-3H3,(H,22,27)(H2,20,23,24)/t11-,12+/m0/s1. The summed E-state index contributed by atoms with van der Waals surface area (Å²) in [7, 11) is 1.57. The van der Waals surface area contributed by atoms with Gasteiger partial charge in [0.2, 0.25) is 5.95 Å². The van der Waals surface area contributed by atoms with Crippen LogP contribution in [0.25, 0.3) is 10.3 Å². The Morgan fingerprint density at radius 1 is 1.27 bits per heavy atom. The number of piperazine rings is 1. The van der Waals surface area contributed by atoms with Gasteiger partial charge in [0.05, 0.1) is 25.2 Å². The summed E-state index contributed by atoms with van der Waals surface area (Å²) in [5.41, 5.74) is 8.96. The van der Waals surface area contributed by atoms with E-state index in [4.69, 9.17) is 15.3 Å². The molecule has 10 nitrogen and oxygen atoms in total. The largest absolute Gasteiger partial charge is 0.497 e. The lowest BCUT2D eigenvalue weighted by molar-refractivity contribution is -0.132. The highest BCUT2D eigenvalue weighted by Gasteiger charge is 2.34. The summed E-state index contributed by atoms with van der Waals surface area (Å²) in [6, 6.07) is 7.05. The summed E-state index contributed by atoms with van der Waals surface area (Å²) in [5, 5.41) is 4.41. The molecule has 3 N–H and O–H groups in total. The van der Waals surface area contributed by atoms with Crippen molar-refractivity contribution in [2.24, 2.45) is 0 Å². The Morgan fingerprint density at radius 3 is 2.90 bits per heavy atom. The molecule has 0 radical (unpaired) electrons. The molecule has 0 unspecified atom stereocenters. The zero-order chi connectivity index (χ0) is 21.3. The summed E-state index contributed by atoms with van der Waals surface area (Å²) in [5.74, 6) is 1.58. The van der Waals surface area contributed by atoms with E-state index in [1.165, 1.54) is 11.3 Å². The quantitative estimate of drug-likeness (QED) is 0.645. The maximum atomic E-state index is 12.4. The number of benzene rings is 1. The Labute approximate surface area is 177 Å². The van der Waals surface area contributed by atoms with Crippen LogP contribution in [0.3, 0.4) is 0 Å². The lowest BCUT2D eigenvalue weighted by Gasteiger charge is -2.43. The number of nitrogen functional groups attached to an aromatic ring is 1. The van der Waals surface area contributed by atoms with Crippen molar-refractivity contribution in [3.05, 3.63) is 29.8 Å². The minimum absolute atomic E-state index is 0.0185. The van der Waals surface area contributed by atoms with Gasteiger partial charge in [-0.2, -0.15) is 4.98 Å². The monoisotopic (exact) mass is 429 g/mol. The Kier molecular flexibility index (Phi) is 5.55. The highest BCUT2D eigenvalue weighted by atomic mass is 32.1. The van der Waals surface area contributed by atoms with Crippen molar-refractivity contribution < 1.29 is 14.4 Å². The molecular weight excluding hydrogens is 406 g/mol. The number of hydrogen-bond donors (Lipinski definition) is 2. The second-order valence-corrected chi connectivity index (χ2v) is 7.93. The third-order valence-corrected chi connectivity index (χ3v) is 5.63. The van der Waals surface area contributed by atoms with Crippen LogP contribution in [0.2, 0.25) is 0 Å². The first kappa shape index (κ1) is 20.1. The maximum Gasteiger partial charge on any atom is 0.430 e. The summed E-state index contributed by atoms with van der Waals surface area (Å²) in [6.07, 6.45) is -0.552. The second kappa shape index (κ2) is 8.28. The predicted octanol–water partition coefficient (Wildman–Crippen LogP) is 2.74. The number of hydrogen-bond acceptors (Lipinski definition) is 10. The van der Waals surface area contributed by atoms with Crippen LogP contribution in [0.1, 0.15) is 13.8 Å². The number of carbonyl (C=O) groups excluding carboxylic acids is 1. The summed E-state index contributed by atoms with van der Waals surface area (Å²) in [4.78, 5) is 33.9. The lowest BCUT2D eigenvalue weighted by atomic mass is 10.1. The Morgan fingerprint density at radius 2 is 2.10 bits per heavy atom. The normalized spacial score (nSPS) is 19.6. The fraction of sp³-hybridized carbons (Fsp3) is 0.368. The molecule has 0 aliphatic carbocycles. The van der Waals surface area contributed by atoms with Crippen molar-refractivity contribution in [1.82, 2.24) is 20.0 Å². The highest BCUT2D eigenvalue weighted by Crippen LogP contribution is 2.30. The average molecular weight is 430 g/mol. The molecule has 0 bridgehead atoms. The number of amides is 1. The molecule has 30 heavy (non-hydrogen) atoms. The van der Waals surface area contributed by atoms with Gasteiger partial charge >= 0.3 is 6.09 Å². The van der Waals surface area contributed by atoms with Gasteiger partial charge in [-0.05, 0) is 26.0 Å². The van der Waals surface area contributed by atoms with Crippen LogP contribution in [0.15, 0.2) is 29.8 Å². The molecule has 1 amide bonds. The molecule has 2 aromatic heterocycles. The Bertz CT molecular complexity index is 1060. The Balaban J connectivity index is 1.44. The fourth-order valence-corrected chi connectivity index (χ4v) is 4.09. The number of nitrogens with one attached hydrogen (secondary N) is 1. The number of thiazole rings is 1. The average Bonchev–Trinajstić information content (AvgIpc) is 3.18. The number of nitrogens with two attached hydrogens (primary N) is 1. The van der Waals surface area contributed by atoms with Crippen LogP contribution < -0.4 is 20.7 Å². The molecule has 1 fully saturated rings. The number of carbonyl (C=O) groups is 1. The van der Waals surface area contributed by atoms with Crippen molar-refractivity contribution in [2.75, 3.05) is 36.1 Å². The van der Waals surface area contributed by atoms with E-state index in [9.17, 15) is 4.79 Å². The van der Waals surface area contributed by atoms with Crippen molar-refractivity contribution in [2.45, 2.75) is 25.9 Å². The van der Waals surface area contributed by atoms with Crippen LogP contribution in [0, 0.1) is 0 Å². The van der Waals surface area contributed by atoms with Crippen molar-refractivity contribution in [3.8, 4) is 5.75 Å². The summed E-state index contributed by atoms with van der Waals surface area (Å²) >= 11 is 1.43. The molecule has 1 aliphatic rings. The van der Waals surface area contributed by atoms with E-state index in [0.29, 0.717) is 30.3 Å². The third kappa shape index (κ3) is 4.07. The smallest absolute Gasteiger partial charge is 0.430 e. The zero-order valence-electron chi connectivity index (χ0n) is 16.9. The van der Waals surface area contributed by atoms with Crippen molar-refractivity contribution in [1.29, 1.82) is 0 Å². The van der Waals surface area contributed by atoms with E-state index in [0.717, 1.165) is 10.3 Å². The van der Waals surface area contributed by atoms with Gasteiger partial charge in [-0.1, -0.05) is 6.07 Å². The molecule has 158 valence electrons. The molecule has 1 aliphatic heterocycles. The number of rotatable bonds is 4. The van der Waals surface area contributed by atoms with E-state index in [2.05, 4.69) is 25.2 Å². The van der Waals surface area contributed by atoms with Gasteiger partial charge < -0.3 is 20.2 Å². The number of nitrogens with zero attached hydrogens (tertiary/aromatic N) is 5. The van der Waals surface area contributed by atoms with Crippen LogP contribution in [-0.4, -0.2) is 58.4 Å². The minimum atomic E-state index is -0.552. The fourth-order valence-electron chi connectivity index (χ4n) is 3.43. The van der Waals surface area contributed by atoms with Crippen LogP contribution in [0.4, 0.5) is 22.2 Å². The molecular formula is C19H23N7O3S. The van der Waals surface area contributed by atoms with Gasteiger partial charge in [0.25, 0.3) is 0 Å². The molecule has 3 aromatic rings. The number of hydroxylamine groups is 2. The van der Waals surface area contributed by atoms with E-state index in [1.54, 1.807) is 41.9 Å². The van der Waals surface area contributed by atoms with Gasteiger partial charge in [-0.25, -0.2) is 14.8 Å². The molecule has 0 saturated carbocycles. The molecule has 4 rings (SSSR count). The van der Waals surface area contributed by atoms with Gasteiger partial charge in [0, 0.05) is 24.3 Å². The SMILES string of the molecule is COc1cccc(NC(=O)ON2C[C@H](C)N(c3nc(N)nc4scnc34)C[C@H]2C)c1. The second-order valence-electron chi connectivity index (χ2n) is 7.10. The molecule has 1 saturated heterocycles.